The van der Waals surface area contributed by atoms with Crippen LogP contribution in [0.3, 0.4) is 0 Å². The number of piperidine rings is 1. The summed E-state index contributed by atoms with van der Waals surface area (Å²) in [5.74, 6) is 1.07. The summed E-state index contributed by atoms with van der Waals surface area (Å²) in [6.45, 7) is 4.71. The van der Waals surface area contributed by atoms with Crippen molar-refractivity contribution in [3.63, 3.8) is 0 Å². The Morgan fingerprint density at radius 1 is 1.07 bits per heavy atom. The lowest BCUT2D eigenvalue weighted by Gasteiger charge is -2.27. The number of pyridine rings is 1. The van der Waals surface area contributed by atoms with E-state index in [4.69, 9.17) is 4.74 Å². The van der Waals surface area contributed by atoms with E-state index in [0.29, 0.717) is 17.9 Å². The molecule has 2 N–H and O–H groups in total. The molecule has 0 atom stereocenters. The Bertz CT molecular complexity index is 815. The highest BCUT2D eigenvalue weighted by atomic mass is 16.5. The summed E-state index contributed by atoms with van der Waals surface area (Å²) in [6, 6.07) is 10.7. The van der Waals surface area contributed by atoms with Crippen LogP contribution in [0.4, 0.5) is 11.5 Å². The molecule has 0 bridgehead atoms. The number of ether oxygens (including phenoxy) is 1. The molecule has 0 saturated carbocycles. The van der Waals surface area contributed by atoms with E-state index in [0.717, 1.165) is 37.5 Å². The van der Waals surface area contributed by atoms with Crippen molar-refractivity contribution >= 4 is 23.3 Å². The van der Waals surface area contributed by atoms with Gasteiger partial charge in [0.1, 0.15) is 11.6 Å². The van der Waals surface area contributed by atoms with Crippen LogP contribution in [-0.4, -0.2) is 43.0 Å². The Hall–Kier alpha value is -3.09. The Morgan fingerprint density at radius 3 is 2.50 bits per heavy atom. The fourth-order valence-electron chi connectivity index (χ4n) is 3.27. The van der Waals surface area contributed by atoms with Gasteiger partial charge in [-0.3, -0.25) is 9.59 Å². The molecule has 7 nitrogen and oxygen atoms in total. The van der Waals surface area contributed by atoms with Gasteiger partial charge in [0.2, 0.25) is 5.91 Å². The van der Waals surface area contributed by atoms with E-state index >= 15 is 0 Å². The SMILES string of the molecule is CCCCOc1ccc(C(=O)NCC(=O)Nc2ccc(N3CCCCC3)nc2)cc1. The van der Waals surface area contributed by atoms with Crippen molar-refractivity contribution in [2.45, 2.75) is 39.0 Å². The number of unbranched alkanes of at least 4 members (excludes halogenated alkanes) is 1. The van der Waals surface area contributed by atoms with E-state index in [-0.39, 0.29) is 18.4 Å². The van der Waals surface area contributed by atoms with Gasteiger partial charge in [-0.05, 0) is 62.1 Å². The maximum absolute atomic E-state index is 12.2. The van der Waals surface area contributed by atoms with Gasteiger partial charge in [-0.2, -0.15) is 0 Å². The fraction of sp³-hybridized carbons (Fsp3) is 0.435. The topological polar surface area (TPSA) is 83.6 Å². The second kappa shape index (κ2) is 11.2. The van der Waals surface area contributed by atoms with E-state index in [1.165, 1.54) is 19.3 Å². The molecule has 7 heteroatoms. The lowest BCUT2D eigenvalue weighted by molar-refractivity contribution is -0.115. The largest absolute Gasteiger partial charge is 0.494 e. The normalized spacial score (nSPS) is 13.6. The number of rotatable bonds is 9. The van der Waals surface area contributed by atoms with E-state index in [2.05, 4.69) is 27.4 Å². The van der Waals surface area contributed by atoms with Crippen LogP contribution in [0, 0.1) is 0 Å². The molecule has 1 aromatic carbocycles. The second-order valence-electron chi connectivity index (χ2n) is 7.41. The summed E-state index contributed by atoms with van der Waals surface area (Å²) in [5.41, 5.74) is 1.10. The fourth-order valence-corrected chi connectivity index (χ4v) is 3.27. The van der Waals surface area contributed by atoms with Gasteiger partial charge in [-0.15, -0.1) is 0 Å². The molecule has 30 heavy (non-hydrogen) atoms. The molecule has 2 aromatic rings. The molecule has 3 rings (SSSR count). The smallest absolute Gasteiger partial charge is 0.251 e. The van der Waals surface area contributed by atoms with Crippen LogP contribution in [0.15, 0.2) is 42.6 Å². The van der Waals surface area contributed by atoms with Crippen LogP contribution in [0.1, 0.15) is 49.4 Å². The number of benzene rings is 1. The zero-order valence-electron chi connectivity index (χ0n) is 17.5. The predicted molar refractivity (Wildman–Crippen MR) is 118 cm³/mol. The van der Waals surface area contributed by atoms with Gasteiger partial charge in [0.05, 0.1) is 25.0 Å². The van der Waals surface area contributed by atoms with Crippen LogP contribution in [-0.2, 0) is 4.79 Å². The van der Waals surface area contributed by atoms with Crippen molar-refractivity contribution in [1.82, 2.24) is 10.3 Å². The molecule has 160 valence electrons. The zero-order valence-corrected chi connectivity index (χ0v) is 17.5. The Balaban J connectivity index is 1.43. The highest BCUT2D eigenvalue weighted by Crippen LogP contribution is 2.19. The first-order valence-corrected chi connectivity index (χ1v) is 10.7. The number of hydrogen-bond acceptors (Lipinski definition) is 5. The maximum Gasteiger partial charge on any atom is 0.251 e. The summed E-state index contributed by atoms with van der Waals surface area (Å²) >= 11 is 0. The van der Waals surface area contributed by atoms with Crippen LogP contribution >= 0.6 is 0 Å². The van der Waals surface area contributed by atoms with Gasteiger partial charge in [-0.25, -0.2) is 4.98 Å². The molecule has 1 saturated heterocycles. The summed E-state index contributed by atoms with van der Waals surface area (Å²) in [6.07, 6.45) is 7.37. The van der Waals surface area contributed by atoms with Crippen LogP contribution in [0.5, 0.6) is 5.75 Å². The standard InChI is InChI=1S/C23H30N4O3/c1-2-3-15-30-20-10-7-18(8-11-20)23(29)25-17-22(28)26-19-9-12-21(24-16-19)27-13-5-4-6-14-27/h7-12,16H,2-6,13-15,17H2,1H3,(H,25,29)(H,26,28). The summed E-state index contributed by atoms with van der Waals surface area (Å²) in [7, 11) is 0. The van der Waals surface area contributed by atoms with Gasteiger partial charge >= 0.3 is 0 Å². The minimum atomic E-state index is -0.302. The third-order valence-corrected chi connectivity index (χ3v) is 5.00. The first kappa shape index (κ1) is 21.6. The van der Waals surface area contributed by atoms with Crippen molar-refractivity contribution in [3.05, 3.63) is 48.2 Å². The Kier molecular flexibility index (Phi) is 8.06. The molecule has 1 aliphatic heterocycles. The summed E-state index contributed by atoms with van der Waals surface area (Å²) in [4.78, 5) is 31.1. The van der Waals surface area contributed by atoms with Crippen LogP contribution in [0.25, 0.3) is 0 Å². The number of nitrogens with zero attached hydrogens (tertiary/aromatic N) is 2. The highest BCUT2D eigenvalue weighted by Gasteiger charge is 2.12. The quantitative estimate of drug-likeness (QED) is 0.617. The van der Waals surface area contributed by atoms with Crippen molar-refractivity contribution in [2.75, 3.05) is 36.5 Å². The van der Waals surface area contributed by atoms with Crippen molar-refractivity contribution in [3.8, 4) is 5.75 Å². The molecule has 0 aliphatic carbocycles. The van der Waals surface area contributed by atoms with E-state index in [1.807, 2.05) is 12.1 Å². The lowest BCUT2D eigenvalue weighted by Crippen LogP contribution is -2.33. The molecule has 1 aliphatic rings. The predicted octanol–water partition coefficient (Wildman–Crippen LogP) is 3.62. The Morgan fingerprint density at radius 2 is 1.83 bits per heavy atom. The molecule has 1 fully saturated rings. The molecule has 0 unspecified atom stereocenters. The number of nitrogens with one attached hydrogen (secondary N) is 2. The number of aromatic nitrogens is 1. The van der Waals surface area contributed by atoms with Gasteiger partial charge in [-0.1, -0.05) is 13.3 Å². The number of anilines is 2. The monoisotopic (exact) mass is 410 g/mol. The average Bonchev–Trinajstić information content (AvgIpc) is 2.79. The maximum atomic E-state index is 12.2. The highest BCUT2D eigenvalue weighted by molar-refractivity contribution is 5.99. The third kappa shape index (κ3) is 6.47. The van der Waals surface area contributed by atoms with Crippen LogP contribution < -0.4 is 20.3 Å². The Labute approximate surface area is 177 Å². The number of hydrogen-bond donors (Lipinski definition) is 2. The second-order valence-corrected chi connectivity index (χ2v) is 7.41. The number of carbonyl (C=O) groups excluding carboxylic acids is 2. The first-order valence-electron chi connectivity index (χ1n) is 10.7. The van der Waals surface area contributed by atoms with E-state index in [1.54, 1.807) is 30.5 Å². The lowest BCUT2D eigenvalue weighted by atomic mass is 10.1. The number of carbonyl (C=O) groups is 2. The zero-order chi connectivity index (χ0) is 21.2. The summed E-state index contributed by atoms with van der Waals surface area (Å²) in [5, 5.41) is 5.40. The van der Waals surface area contributed by atoms with Crippen molar-refractivity contribution in [1.29, 1.82) is 0 Å². The summed E-state index contributed by atoms with van der Waals surface area (Å²) < 4.78 is 5.59. The molecule has 2 heterocycles. The molecular formula is C23H30N4O3. The molecule has 0 radical (unpaired) electrons. The van der Waals surface area contributed by atoms with E-state index < -0.39 is 0 Å². The van der Waals surface area contributed by atoms with E-state index in [9.17, 15) is 9.59 Å². The van der Waals surface area contributed by atoms with Crippen molar-refractivity contribution in [2.24, 2.45) is 0 Å². The third-order valence-electron chi connectivity index (χ3n) is 5.00. The first-order chi connectivity index (χ1) is 14.7. The van der Waals surface area contributed by atoms with Gasteiger partial charge < -0.3 is 20.3 Å². The molecule has 2 amide bonds. The minimum absolute atomic E-state index is 0.110. The van der Waals surface area contributed by atoms with Gasteiger partial charge in [0.15, 0.2) is 0 Å². The molecule has 1 aromatic heterocycles. The van der Waals surface area contributed by atoms with Gasteiger partial charge in [0.25, 0.3) is 5.91 Å². The van der Waals surface area contributed by atoms with Crippen molar-refractivity contribution < 1.29 is 14.3 Å². The van der Waals surface area contributed by atoms with Crippen LogP contribution in [0.2, 0.25) is 0 Å². The average molecular weight is 411 g/mol. The molecule has 0 spiro atoms. The van der Waals surface area contributed by atoms with Gasteiger partial charge in [0, 0.05) is 18.7 Å². The number of amides is 2. The molecular weight excluding hydrogens is 380 g/mol. The minimum Gasteiger partial charge on any atom is -0.494 e.